The molecule has 2 aromatic heterocycles. The van der Waals surface area contributed by atoms with Gasteiger partial charge in [0, 0.05) is 7.05 Å². The van der Waals surface area contributed by atoms with Crippen molar-refractivity contribution in [3.05, 3.63) is 6.20 Å². The number of nitrogens with zero attached hydrogens (tertiary/aromatic N) is 3. The summed E-state index contributed by atoms with van der Waals surface area (Å²) in [6, 6.07) is 0. The number of aliphatic hydroxyl groups is 1. The van der Waals surface area contributed by atoms with Gasteiger partial charge in [-0.05, 0) is 19.3 Å². The molecule has 2 heterocycles. The molecule has 18 heavy (non-hydrogen) atoms. The highest BCUT2D eigenvalue weighted by molar-refractivity contribution is 5.87. The Kier molecular flexibility index (Phi) is 2.55. The van der Waals surface area contributed by atoms with E-state index in [9.17, 15) is 5.11 Å². The van der Waals surface area contributed by atoms with Crippen molar-refractivity contribution >= 4 is 22.8 Å². The number of aliphatic hydroxyl groups excluding tert-OH is 1. The maximum Gasteiger partial charge on any atom is 0.226 e. The van der Waals surface area contributed by atoms with Gasteiger partial charge in [-0.1, -0.05) is 0 Å². The molecular formula is C11H16N6O. The van der Waals surface area contributed by atoms with E-state index in [1.165, 1.54) is 0 Å². The Balaban J connectivity index is 2.01. The summed E-state index contributed by atoms with van der Waals surface area (Å²) in [6.07, 6.45) is 4.75. The second-order valence-electron chi connectivity index (χ2n) is 4.70. The highest BCUT2D eigenvalue weighted by Crippen LogP contribution is 2.36. The molecule has 4 N–H and O–H groups in total. The van der Waals surface area contributed by atoms with E-state index in [1.54, 1.807) is 13.2 Å². The molecule has 3 rings (SSSR count). The number of nitrogens with one attached hydrogen (secondary N) is 3. The molecule has 1 fully saturated rings. The van der Waals surface area contributed by atoms with Crippen LogP contribution in [0.2, 0.25) is 0 Å². The number of aromatic nitrogens is 4. The molecule has 0 saturated heterocycles. The second kappa shape index (κ2) is 4.09. The van der Waals surface area contributed by atoms with E-state index in [2.05, 4.69) is 30.8 Å². The Labute approximate surface area is 104 Å². The number of H-pyrrole nitrogens is 1. The first-order valence-electron chi connectivity index (χ1n) is 6.04. The molecule has 0 unspecified atom stereocenters. The molecule has 96 valence electrons. The minimum Gasteiger partial charge on any atom is -0.394 e. The van der Waals surface area contributed by atoms with Gasteiger partial charge in [-0.3, -0.25) is 5.10 Å². The van der Waals surface area contributed by atoms with Crippen LogP contribution in [0.1, 0.15) is 19.3 Å². The van der Waals surface area contributed by atoms with Crippen molar-refractivity contribution in [3.8, 4) is 0 Å². The molecule has 0 aliphatic heterocycles. The predicted molar refractivity (Wildman–Crippen MR) is 68.5 cm³/mol. The molecule has 1 aliphatic carbocycles. The lowest BCUT2D eigenvalue weighted by molar-refractivity contribution is 0.144. The summed E-state index contributed by atoms with van der Waals surface area (Å²) in [4.78, 5) is 8.67. The van der Waals surface area contributed by atoms with Gasteiger partial charge in [0.15, 0.2) is 5.65 Å². The standard InChI is InChI=1S/C11H16N6O/c1-12-10-14-8(7-5-13-17-9(7)15-10)16-11(6-18)3-2-4-11/h5,18H,2-4,6H2,1H3,(H3,12,13,14,15,16,17). The van der Waals surface area contributed by atoms with Crippen molar-refractivity contribution in [3.63, 3.8) is 0 Å². The summed E-state index contributed by atoms with van der Waals surface area (Å²) < 4.78 is 0. The molecule has 7 nitrogen and oxygen atoms in total. The van der Waals surface area contributed by atoms with Crippen LogP contribution >= 0.6 is 0 Å². The first-order valence-corrected chi connectivity index (χ1v) is 6.04. The smallest absolute Gasteiger partial charge is 0.226 e. The predicted octanol–water partition coefficient (Wildman–Crippen LogP) is 0.721. The molecule has 1 aliphatic rings. The SMILES string of the molecule is CNc1nc(NC2(CO)CCC2)c2cn[nH]c2n1. The van der Waals surface area contributed by atoms with Gasteiger partial charge in [0.2, 0.25) is 5.95 Å². The Morgan fingerprint density at radius 2 is 2.28 bits per heavy atom. The number of hydrogen-bond donors (Lipinski definition) is 4. The topological polar surface area (TPSA) is 98.8 Å². The molecule has 2 aromatic rings. The summed E-state index contributed by atoms with van der Waals surface area (Å²) >= 11 is 0. The Bertz CT molecular complexity index is 556. The summed E-state index contributed by atoms with van der Waals surface area (Å²) in [6.45, 7) is 0.116. The third kappa shape index (κ3) is 1.67. The van der Waals surface area contributed by atoms with E-state index >= 15 is 0 Å². The molecule has 0 amide bonds. The van der Waals surface area contributed by atoms with Gasteiger partial charge in [0.05, 0.1) is 23.7 Å². The Hall–Kier alpha value is -1.89. The molecule has 7 heteroatoms. The maximum absolute atomic E-state index is 9.50. The normalized spacial score (nSPS) is 17.4. The largest absolute Gasteiger partial charge is 0.394 e. The van der Waals surface area contributed by atoms with Gasteiger partial charge < -0.3 is 15.7 Å². The van der Waals surface area contributed by atoms with Crippen LogP contribution in [0, 0.1) is 0 Å². The zero-order chi connectivity index (χ0) is 12.6. The first kappa shape index (κ1) is 11.2. The highest BCUT2D eigenvalue weighted by Gasteiger charge is 2.37. The number of fused-ring (bicyclic) bond motifs is 1. The van der Waals surface area contributed by atoms with Crippen LogP contribution in [0.3, 0.4) is 0 Å². The zero-order valence-corrected chi connectivity index (χ0v) is 10.2. The van der Waals surface area contributed by atoms with E-state index in [-0.39, 0.29) is 12.1 Å². The Morgan fingerprint density at radius 3 is 2.89 bits per heavy atom. The average Bonchev–Trinajstić information content (AvgIpc) is 2.81. The van der Waals surface area contributed by atoms with E-state index in [4.69, 9.17) is 0 Å². The third-order valence-corrected chi connectivity index (χ3v) is 3.53. The molecular weight excluding hydrogens is 232 g/mol. The minimum absolute atomic E-state index is 0.116. The van der Waals surface area contributed by atoms with Gasteiger partial charge in [0.25, 0.3) is 0 Å². The second-order valence-corrected chi connectivity index (χ2v) is 4.70. The van der Waals surface area contributed by atoms with Crippen LogP contribution in [-0.2, 0) is 0 Å². The van der Waals surface area contributed by atoms with Crippen LogP contribution < -0.4 is 10.6 Å². The number of rotatable bonds is 4. The maximum atomic E-state index is 9.50. The van der Waals surface area contributed by atoms with Crippen molar-refractivity contribution in [2.75, 3.05) is 24.3 Å². The lowest BCUT2D eigenvalue weighted by atomic mass is 9.77. The van der Waals surface area contributed by atoms with E-state index < -0.39 is 0 Å². The van der Waals surface area contributed by atoms with Crippen LogP contribution in [0.4, 0.5) is 11.8 Å². The van der Waals surface area contributed by atoms with Crippen LogP contribution in [0.25, 0.3) is 11.0 Å². The molecule has 0 spiro atoms. The molecule has 1 saturated carbocycles. The fourth-order valence-electron chi connectivity index (χ4n) is 2.22. The summed E-state index contributed by atoms with van der Waals surface area (Å²) in [5, 5.41) is 23.4. The third-order valence-electron chi connectivity index (χ3n) is 3.53. The van der Waals surface area contributed by atoms with Gasteiger partial charge in [-0.15, -0.1) is 0 Å². The monoisotopic (exact) mass is 248 g/mol. The van der Waals surface area contributed by atoms with Gasteiger partial charge in [-0.25, -0.2) is 0 Å². The lowest BCUT2D eigenvalue weighted by Gasteiger charge is -2.41. The van der Waals surface area contributed by atoms with Crippen LogP contribution in [-0.4, -0.2) is 44.5 Å². The van der Waals surface area contributed by atoms with Crippen LogP contribution in [0.15, 0.2) is 6.20 Å². The summed E-state index contributed by atoms with van der Waals surface area (Å²) in [5.41, 5.74) is 0.452. The minimum atomic E-state index is -0.233. The van der Waals surface area contributed by atoms with Gasteiger partial charge in [-0.2, -0.15) is 15.1 Å². The highest BCUT2D eigenvalue weighted by atomic mass is 16.3. The molecule has 0 bridgehead atoms. The summed E-state index contributed by atoms with van der Waals surface area (Å²) in [7, 11) is 1.77. The van der Waals surface area contributed by atoms with E-state index in [0.717, 1.165) is 24.6 Å². The number of hydrogen-bond acceptors (Lipinski definition) is 6. The number of anilines is 2. The van der Waals surface area contributed by atoms with Gasteiger partial charge in [0.1, 0.15) is 5.82 Å². The van der Waals surface area contributed by atoms with Crippen molar-refractivity contribution in [2.24, 2.45) is 0 Å². The fourth-order valence-corrected chi connectivity index (χ4v) is 2.22. The van der Waals surface area contributed by atoms with Crippen molar-refractivity contribution < 1.29 is 5.11 Å². The Morgan fingerprint density at radius 1 is 1.44 bits per heavy atom. The van der Waals surface area contributed by atoms with E-state index in [0.29, 0.717) is 17.4 Å². The van der Waals surface area contributed by atoms with Gasteiger partial charge >= 0.3 is 0 Å². The van der Waals surface area contributed by atoms with Crippen molar-refractivity contribution in [1.82, 2.24) is 20.2 Å². The summed E-state index contributed by atoms with van der Waals surface area (Å²) in [5.74, 6) is 1.24. The molecule has 0 aromatic carbocycles. The quantitative estimate of drug-likeness (QED) is 0.636. The van der Waals surface area contributed by atoms with Crippen LogP contribution in [0.5, 0.6) is 0 Å². The van der Waals surface area contributed by atoms with E-state index in [1.807, 2.05) is 0 Å². The number of aromatic amines is 1. The first-order chi connectivity index (χ1) is 8.76. The fraction of sp³-hybridized carbons (Fsp3) is 0.545. The lowest BCUT2D eigenvalue weighted by Crippen LogP contribution is -2.48. The average molecular weight is 248 g/mol. The van der Waals surface area contributed by atoms with Crippen molar-refractivity contribution in [2.45, 2.75) is 24.8 Å². The molecule has 0 atom stereocenters. The zero-order valence-electron chi connectivity index (χ0n) is 10.2. The molecule has 0 radical (unpaired) electrons. The van der Waals surface area contributed by atoms with Crippen molar-refractivity contribution in [1.29, 1.82) is 0 Å².